The van der Waals surface area contributed by atoms with Crippen molar-refractivity contribution in [2.45, 2.75) is 25.2 Å². The van der Waals surface area contributed by atoms with Crippen LogP contribution in [0, 0.1) is 6.92 Å². The van der Waals surface area contributed by atoms with Crippen LogP contribution in [0.3, 0.4) is 0 Å². The summed E-state index contributed by atoms with van der Waals surface area (Å²) in [6.45, 7) is 4.02. The fourth-order valence-electron chi connectivity index (χ4n) is 1.27. The summed E-state index contributed by atoms with van der Waals surface area (Å²) in [5.74, 6) is -0.181. The lowest BCUT2D eigenvalue weighted by Crippen LogP contribution is -2.30. The molecule has 0 saturated carbocycles. The second-order valence-corrected chi connectivity index (χ2v) is 5.20. The van der Waals surface area contributed by atoms with Gasteiger partial charge in [-0.25, -0.2) is 13.1 Å². The zero-order valence-corrected chi connectivity index (χ0v) is 10.6. The molecule has 0 fully saturated rings. The monoisotopic (exact) mass is 260 g/mol. The third kappa shape index (κ3) is 3.82. The standard InChI is InChI=1S/C9H16N4O3S/c1-3-10-9(14)4-5-12-17(15,16)8-6-11-13-7(8)2/h6,12H,3-5H2,1-2H3,(H,10,14)(H,11,13). The summed E-state index contributed by atoms with van der Waals surface area (Å²) in [5.41, 5.74) is 0.468. The smallest absolute Gasteiger partial charge is 0.243 e. The molecule has 0 aliphatic heterocycles. The van der Waals surface area contributed by atoms with Crippen LogP contribution in [0.1, 0.15) is 19.0 Å². The fourth-order valence-corrected chi connectivity index (χ4v) is 2.44. The summed E-state index contributed by atoms with van der Waals surface area (Å²) in [4.78, 5) is 11.2. The van der Waals surface area contributed by atoms with Crippen LogP contribution in [-0.4, -0.2) is 37.6 Å². The maximum Gasteiger partial charge on any atom is 0.243 e. The van der Waals surface area contributed by atoms with Gasteiger partial charge in [-0.3, -0.25) is 9.89 Å². The SMILES string of the molecule is CCNC(=O)CCNS(=O)(=O)c1cn[nH]c1C. The number of carbonyl (C=O) groups excluding carboxylic acids is 1. The van der Waals surface area contributed by atoms with Gasteiger partial charge in [0.05, 0.1) is 11.9 Å². The Labute approximate surface area is 100 Å². The lowest BCUT2D eigenvalue weighted by atomic mass is 10.4. The van der Waals surface area contributed by atoms with E-state index in [-0.39, 0.29) is 23.8 Å². The van der Waals surface area contributed by atoms with Gasteiger partial charge in [0.2, 0.25) is 15.9 Å². The van der Waals surface area contributed by atoms with Crippen molar-refractivity contribution in [2.24, 2.45) is 0 Å². The minimum Gasteiger partial charge on any atom is -0.356 e. The molecule has 1 aromatic rings. The summed E-state index contributed by atoms with van der Waals surface area (Å²) in [6.07, 6.45) is 1.35. The molecule has 0 atom stereocenters. The summed E-state index contributed by atoms with van der Waals surface area (Å²) in [7, 11) is -3.58. The van der Waals surface area contributed by atoms with Crippen LogP contribution in [0.2, 0.25) is 0 Å². The Hall–Kier alpha value is -1.41. The number of nitrogens with zero attached hydrogens (tertiary/aromatic N) is 1. The third-order valence-electron chi connectivity index (χ3n) is 2.09. The molecule has 0 aromatic carbocycles. The zero-order valence-electron chi connectivity index (χ0n) is 9.78. The van der Waals surface area contributed by atoms with Crippen molar-refractivity contribution in [3.05, 3.63) is 11.9 Å². The molecular weight excluding hydrogens is 244 g/mol. The van der Waals surface area contributed by atoms with Gasteiger partial charge in [0.25, 0.3) is 0 Å². The number of aromatic nitrogens is 2. The Kier molecular flexibility index (Phi) is 4.64. The average molecular weight is 260 g/mol. The maximum absolute atomic E-state index is 11.8. The first-order chi connectivity index (χ1) is 7.97. The number of nitrogens with one attached hydrogen (secondary N) is 3. The number of aromatic amines is 1. The molecule has 0 aliphatic carbocycles. The highest BCUT2D eigenvalue weighted by molar-refractivity contribution is 7.89. The Morgan fingerprint density at radius 2 is 2.24 bits per heavy atom. The van der Waals surface area contributed by atoms with E-state index in [2.05, 4.69) is 20.2 Å². The fraction of sp³-hybridized carbons (Fsp3) is 0.556. The first kappa shape index (κ1) is 13.7. The van der Waals surface area contributed by atoms with Crippen molar-refractivity contribution >= 4 is 15.9 Å². The van der Waals surface area contributed by atoms with Crippen molar-refractivity contribution in [2.75, 3.05) is 13.1 Å². The van der Waals surface area contributed by atoms with Gasteiger partial charge in [-0.05, 0) is 13.8 Å². The van der Waals surface area contributed by atoms with Crippen LogP contribution in [0.25, 0.3) is 0 Å². The Morgan fingerprint density at radius 1 is 1.53 bits per heavy atom. The van der Waals surface area contributed by atoms with E-state index in [0.717, 1.165) is 0 Å². The molecule has 0 saturated heterocycles. The van der Waals surface area contributed by atoms with Crippen LogP contribution in [0.5, 0.6) is 0 Å². The second kappa shape index (κ2) is 5.78. The number of carbonyl (C=O) groups is 1. The molecule has 1 rings (SSSR count). The first-order valence-corrected chi connectivity index (χ1v) is 6.72. The van der Waals surface area contributed by atoms with Gasteiger partial charge in [0.15, 0.2) is 0 Å². The van der Waals surface area contributed by atoms with Crippen LogP contribution < -0.4 is 10.0 Å². The van der Waals surface area contributed by atoms with E-state index >= 15 is 0 Å². The molecule has 7 nitrogen and oxygen atoms in total. The first-order valence-electron chi connectivity index (χ1n) is 5.23. The van der Waals surface area contributed by atoms with Crippen molar-refractivity contribution < 1.29 is 13.2 Å². The van der Waals surface area contributed by atoms with Crippen molar-refractivity contribution in [1.29, 1.82) is 0 Å². The molecule has 0 radical (unpaired) electrons. The van der Waals surface area contributed by atoms with E-state index in [1.807, 2.05) is 0 Å². The molecule has 3 N–H and O–H groups in total. The Balaban J connectivity index is 2.52. The number of hydrogen-bond donors (Lipinski definition) is 3. The van der Waals surface area contributed by atoms with E-state index < -0.39 is 10.0 Å². The highest BCUT2D eigenvalue weighted by atomic mass is 32.2. The molecule has 0 spiro atoms. The molecule has 0 unspecified atom stereocenters. The normalized spacial score (nSPS) is 11.4. The summed E-state index contributed by atoms with van der Waals surface area (Å²) >= 11 is 0. The zero-order chi connectivity index (χ0) is 12.9. The molecule has 1 heterocycles. The van der Waals surface area contributed by atoms with Gasteiger partial charge in [0.1, 0.15) is 4.90 Å². The highest BCUT2D eigenvalue weighted by Gasteiger charge is 2.18. The quantitative estimate of drug-likeness (QED) is 0.642. The Morgan fingerprint density at radius 3 is 2.76 bits per heavy atom. The van der Waals surface area contributed by atoms with Crippen molar-refractivity contribution in [1.82, 2.24) is 20.2 Å². The van der Waals surface area contributed by atoms with Crippen molar-refractivity contribution in [3.8, 4) is 0 Å². The number of rotatable bonds is 6. The molecule has 17 heavy (non-hydrogen) atoms. The largest absolute Gasteiger partial charge is 0.356 e. The second-order valence-electron chi connectivity index (χ2n) is 3.46. The van der Waals surface area contributed by atoms with Gasteiger partial charge >= 0.3 is 0 Å². The average Bonchev–Trinajstić information content (AvgIpc) is 2.65. The number of hydrogen-bond acceptors (Lipinski definition) is 4. The topological polar surface area (TPSA) is 104 Å². The number of amides is 1. The molecular formula is C9H16N4O3S. The van der Waals surface area contributed by atoms with Gasteiger partial charge in [0, 0.05) is 19.5 Å². The molecule has 96 valence electrons. The van der Waals surface area contributed by atoms with Gasteiger partial charge in [-0.2, -0.15) is 5.10 Å². The maximum atomic E-state index is 11.8. The Bertz CT molecular complexity index is 480. The number of aryl methyl sites for hydroxylation is 1. The molecule has 0 aliphatic rings. The summed E-state index contributed by atoms with van der Waals surface area (Å²) in [6, 6.07) is 0. The van der Waals surface area contributed by atoms with Crippen molar-refractivity contribution in [3.63, 3.8) is 0 Å². The van der Waals surface area contributed by atoms with Crippen LogP contribution >= 0.6 is 0 Å². The van der Waals surface area contributed by atoms with E-state index in [1.165, 1.54) is 6.20 Å². The molecule has 1 aromatic heterocycles. The van der Waals surface area contributed by atoms with Gasteiger partial charge in [-0.15, -0.1) is 0 Å². The third-order valence-corrected chi connectivity index (χ3v) is 3.67. The predicted octanol–water partition coefficient (Wildman–Crippen LogP) is -0.477. The van der Waals surface area contributed by atoms with Crippen LogP contribution in [-0.2, 0) is 14.8 Å². The van der Waals surface area contributed by atoms with E-state index in [0.29, 0.717) is 12.2 Å². The lowest BCUT2D eigenvalue weighted by Gasteiger charge is -2.05. The van der Waals surface area contributed by atoms with Gasteiger partial charge in [-0.1, -0.05) is 0 Å². The van der Waals surface area contributed by atoms with Gasteiger partial charge < -0.3 is 5.32 Å². The number of sulfonamides is 1. The molecule has 8 heteroatoms. The van der Waals surface area contributed by atoms with Crippen LogP contribution in [0.4, 0.5) is 0 Å². The van der Waals surface area contributed by atoms with E-state index in [1.54, 1.807) is 13.8 Å². The van der Waals surface area contributed by atoms with E-state index in [4.69, 9.17) is 0 Å². The highest BCUT2D eigenvalue weighted by Crippen LogP contribution is 2.10. The summed E-state index contributed by atoms with van der Waals surface area (Å²) in [5, 5.41) is 8.77. The van der Waals surface area contributed by atoms with E-state index in [9.17, 15) is 13.2 Å². The summed E-state index contributed by atoms with van der Waals surface area (Å²) < 4.78 is 25.8. The molecule has 0 bridgehead atoms. The molecule has 1 amide bonds. The van der Waals surface area contributed by atoms with Crippen LogP contribution in [0.15, 0.2) is 11.1 Å². The number of H-pyrrole nitrogens is 1. The lowest BCUT2D eigenvalue weighted by molar-refractivity contribution is -0.120. The minimum atomic E-state index is -3.58. The minimum absolute atomic E-state index is 0.0682. The predicted molar refractivity (Wildman–Crippen MR) is 61.8 cm³/mol.